The highest BCUT2D eigenvalue weighted by atomic mass is 15.2. The fourth-order valence-corrected chi connectivity index (χ4v) is 3.58. The van der Waals surface area contributed by atoms with Crippen molar-refractivity contribution in [2.24, 2.45) is 0 Å². The summed E-state index contributed by atoms with van der Waals surface area (Å²) in [6.45, 7) is 1.70. The second kappa shape index (κ2) is 10.4. The van der Waals surface area contributed by atoms with Crippen LogP contribution in [0.25, 0.3) is 0 Å². The predicted octanol–water partition coefficient (Wildman–Crippen LogP) is 4.14. The smallest absolute Gasteiger partial charge is 0.0950 e. The molecule has 0 saturated heterocycles. The molecule has 4 aromatic heterocycles. The molecule has 0 unspecified atom stereocenters. The Morgan fingerprint density at radius 2 is 0.967 bits per heavy atom. The van der Waals surface area contributed by atoms with Gasteiger partial charge >= 0.3 is 0 Å². The minimum atomic E-state index is -0.0279. The molecule has 0 aliphatic heterocycles. The monoisotopic (exact) mass is 395 g/mol. The van der Waals surface area contributed by atoms with Crippen LogP contribution in [-0.2, 0) is 12.8 Å². The van der Waals surface area contributed by atoms with E-state index < -0.39 is 0 Å². The van der Waals surface area contributed by atoms with Crippen LogP contribution in [0.1, 0.15) is 28.8 Å². The van der Waals surface area contributed by atoms with Gasteiger partial charge in [-0.1, -0.05) is 24.3 Å². The zero-order chi connectivity index (χ0) is 20.4. The van der Waals surface area contributed by atoms with E-state index in [4.69, 9.17) is 0 Å². The molecule has 5 nitrogen and oxygen atoms in total. The Labute approximate surface area is 177 Å². The maximum atomic E-state index is 4.67. The highest BCUT2D eigenvalue weighted by Crippen LogP contribution is 2.26. The molecule has 0 radical (unpaired) electrons. The lowest BCUT2D eigenvalue weighted by atomic mass is 10.0. The summed E-state index contributed by atoms with van der Waals surface area (Å²) in [7, 11) is 0. The maximum Gasteiger partial charge on any atom is 0.0950 e. The number of hydrogen-bond acceptors (Lipinski definition) is 5. The first kappa shape index (κ1) is 19.9. The molecule has 0 aliphatic rings. The van der Waals surface area contributed by atoms with E-state index in [9.17, 15) is 0 Å². The van der Waals surface area contributed by atoms with Crippen LogP contribution in [0.2, 0.25) is 0 Å². The largest absolute Gasteiger partial charge is 0.289 e. The van der Waals surface area contributed by atoms with E-state index >= 15 is 0 Å². The van der Waals surface area contributed by atoms with Crippen molar-refractivity contribution in [3.05, 3.63) is 120 Å². The Kier molecular flexibility index (Phi) is 6.86. The summed E-state index contributed by atoms with van der Waals surface area (Å²) >= 11 is 0. The van der Waals surface area contributed by atoms with Crippen molar-refractivity contribution in [2.75, 3.05) is 13.1 Å². The second-order valence-electron chi connectivity index (χ2n) is 7.09. The van der Waals surface area contributed by atoms with Gasteiger partial charge in [-0.2, -0.15) is 0 Å². The molecule has 0 atom stereocenters. The van der Waals surface area contributed by atoms with Crippen LogP contribution in [0.3, 0.4) is 0 Å². The third-order valence-corrected chi connectivity index (χ3v) is 5.06. The Morgan fingerprint density at radius 1 is 0.533 bits per heavy atom. The van der Waals surface area contributed by atoms with Gasteiger partial charge in [0.25, 0.3) is 0 Å². The first-order valence-electron chi connectivity index (χ1n) is 10.3. The van der Waals surface area contributed by atoms with Gasteiger partial charge in [0.05, 0.1) is 17.4 Å². The lowest BCUT2D eigenvalue weighted by molar-refractivity contribution is 0.222. The molecule has 0 N–H and O–H groups in total. The van der Waals surface area contributed by atoms with Gasteiger partial charge in [0.1, 0.15) is 0 Å². The van der Waals surface area contributed by atoms with Gasteiger partial charge in [0.2, 0.25) is 0 Å². The third-order valence-electron chi connectivity index (χ3n) is 5.06. The molecule has 150 valence electrons. The normalized spacial score (nSPS) is 11.1. The summed E-state index contributed by atoms with van der Waals surface area (Å²) in [4.78, 5) is 20.8. The highest BCUT2D eigenvalue weighted by Gasteiger charge is 2.24. The molecule has 0 saturated carbocycles. The quantitative estimate of drug-likeness (QED) is 0.426. The highest BCUT2D eigenvalue weighted by molar-refractivity contribution is 5.22. The summed E-state index contributed by atoms with van der Waals surface area (Å²) in [5.41, 5.74) is 4.17. The fraction of sp³-hybridized carbons (Fsp3) is 0.200. The zero-order valence-electron chi connectivity index (χ0n) is 16.9. The lowest BCUT2D eigenvalue weighted by Crippen LogP contribution is -2.34. The molecule has 0 bridgehead atoms. The van der Waals surface area contributed by atoms with Crippen molar-refractivity contribution in [3.8, 4) is 0 Å². The number of aromatic nitrogens is 4. The second-order valence-corrected chi connectivity index (χ2v) is 7.09. The average molecular weight is 396 g/mol. The Hall–Kier alpha value is -3.44. The molecule has 5 heteroatoms. The van der Waals surface area contributed by atoms with Crippen molar-refractivity contribution in [3.63, 3.8) is 0 Å². The fourth-order valence-electron chi connectivity index (χ4n) is 3.58. The molecule has 4 rings (SSSR count). The number of hydrogen-bond donors (Lipinski definition) is 0. The minimum Gasteiger partial charge on any atom is -0.289 e. The van der Waals surface area contributed by atoms with E-state index in [1.54, 1.807) is 0 Å². The summed E-state index contributed by atoms with van der Waals surface area (Å²) in [5.74, 6) is 0. The Bertz CT molecular complexity index is 912. The molecular weight excluding hydrogens is 370 g/mol. The molecule has 0 fully saturated rings. The van der Waals surface area contributed by atoms with Crippen LogP contribution in [0, 0.1) is 0 Å². The van der Waals surface area contributed by atoms with Gasteiger partial charge < -0.3 is 0 Å². The van der Waals surface area contributed by atoms with E-state index in [2.05, 4.69) is 49.1 Å². The third kappa shape index (κ3) is 5.33. The molecule has 0 amide bonds. The molecule has 0 aliphatic carbocycles. The van der Waals surface area contributed by atoms with Crippen LogP contribution in [0.5, 0.6) is 0 Å². The van der Waals surface area contributed by atoms with Crippen LogP contribution >= 0.6 is 0 Å². The van der Waals surface area contributed by atoms with Crippen LogP contribution in [0.15, 0.2) is 97.6 Å². The maximum absolute atomic E-state index is 4.67. The summed E-state index contributed by atoms with van der Waals surface area (Å²) in [5, 5.41) is 0. The first-order valence-corrected chi connectivity index (χ1v) is 10.3. The number of pyridine rings is 4. The van der Waals surface area contributed by atoms with Crippen LogP contribution in [0.4, 0.5) is 0 Å². The van der Waals surface area contributed by atoms with Crippen LogP contribution in [-0.4, -0.2) is 37.9 Å². The molecule has 0 aromatic carbocycles. The standard InChI is InChI=1S/C25H25N5/c1-5-15-26-21(9-1)13-19-30(20-14-22-10-2-6-16-27-22)25(23-11-3-7-17-28-23)24-12-4-8-18-29-24/h1-12,15-18,25H,13-14,19-20H2. The topological polar surface area (TPSA) is 54.8 Å². The Balaban J connectivity index is 1.63. The van der Waals surface area contributed by atoms with Gasteiger partial charge in [0.15, 0.2) is 0 Å². The Morgan fingerprint density at radius 3 is 1.33 bits per heavy atom. The first-order chi connectivity index (χ1) is 14.9. The molecule has 0 spiro atoms. The van der Waals surface area contributed by atoms with Gasteiger partial charge in [-0.25, -0.2) is 0 Å². The van der Waals surface area contributed by atoms with E-state index in [1.807, 2.05) is 73.3 Å². The van der Waals surface area contributed by atoms with Crippen molar-refractivity contribution >= 4 is 0 Å². The number of rotatable bonds is 9. The SMILES string of the molecule is c1ccc(CCN(CCc2ccccn2)C(c2ccccn2)c2ccccn2)nc1. The van der Waals surface area contributed by atoms with Gasteiger partial charge in [0, 0.05) is 62.1 Å². The number of nitrogens with zero attached hydrogens (tertiary/aromatic N) is 5. The van der Waals surface area contributed by atoms with Crippen molar-refractivity contribution in [1.82, 2.24) is 24.8 Å². The van der Waals surface area contributed by atoms with E-state index in [0.717, 1.165) is 48.7 Å². The minimum absolute atomic E-state index is 0.0279. The van der Waals surface area contributed by atoms with Gasteiger partial charge in [-0.3, -0.25) is 24.8 Å². The zero-order valence-corrected chi connectivity index (χ0v) is 16.9. The summed E-state index contributed by atoms with van der Waals surface area (Å²) < 4.78 is 0. The van der Waals surface area contributed by atoms with E-state index in [-0.39, 0.29) is 6.04 Å². The summed E-state index contributed by atoms with van der Waals surface area (Å²) in [6, 6.07) is 24.2. The predicted molar refractivity (Wildman–Crippen MR) is 118 cm³/mol. The van der Waals surface area contributed by atoms with Gasteiger partial charge in [-0.05, 0) is 48.5 Å². The lowest BCUT2D eigenvalue weighted by Gasteiger charge is -2.31. The van der Waals surface area contributed by atoms with E-state index in [0.29, 0.717) is 0 Å². The molecule has 4 heterocycles. The van der Waals surface area contributed by atoms with Crippen molar-refractivity contribution in [2.45, 2.75) is 18.9 Å². The molecular formula is C25H25N5. The average Bonchev–Trinajstić information content (AvgIpc) is 2.83. The molecule has 30 heavy (non-hydrogen) atoms. The summed E-state index contributed by atoms with van der Waals surface area (Å²) in [6.07, 6.45) is 9.12. The van der Waals surface area contributed by atoms with Crippen LogP contribution < -0.4 is 0 Å². The van der Waals surface area contributed by atoms with Crippen molar-refractivity contribution < 1.29 is 0 Å². The van der Waals surface area contributed by atoms with Gasteiger partial charge in [-0.15, -0.1) is 0 Å². The van der Waals surface area contributed by atoms with Crippen molar-refractivity contribution in [1.29, 1.82) is 0 Å². The molecule has 4 aromatic rings. The van der Waals surface area contributed by atoms with E-state index in [1.165, 1.54) is 0 Å².